The van der Waals surface area contributed by atoms with Gasteiger partial charge in [0.2, 0.25) is 5.91 Å². The first-order valence-electron chi connectivity index (χ1n) is 6.37. The summed E-state index contributed by atoms with van der Waals surface area (Å²) in [5.41, 5.74) is 6.62. The summed E-state index contributed by atoms with van der Waals surface area (Å²) in [6.07, 6.45) is 0. The number of aromatic nitrogens is 2. The zero-order valence-corrected chi connectivity index (χ0v) is 12.6. The topological polar surface area (TPSA) is 72.1 Å². The van der Waals surface area contributed by atoms with Crippen molar-refractivity contribution in [3.8, 4) is 0 Å². The molecule has 1 atom stereocenters. The smallest absolute Gasteiger partial charge is 0.240 e. The molecule has 1 heterocycles. The van der Waals surface area contributed by atoms with Crippen molar-refractivity contribution in [1.82, 2.24) is 15.1 Å². The molecule has 0 fully saturated rings. The Labute approximate surface area is 119 Å². The first-order valence-corrected chi connectivity index (χ1v) is 6.75. The maximum absolute atomic E-state index is 12.3. The predicted molar refractivity (Wildman–Crippen MR) is 75.5 cm³/mol. The highest BCUT2D eigenvalue weighted by molar-refractivity contribution is 6.29. The van der Waals surface area contributed by atoms with Crippen LogP contribution >= 0.6 is 11.6 Å². The van der Waals surface area contributed by atoms with Crippen LogP contribution < -0.4 is 5.73 Å². The molecular formula is C13H21ClN4O. The molecule has 0 aliphatic rings. The molecule has 1 rings (SSSR count). The van der Waals surface area contributed by atoms with E-state index < -0.39 is 6.04 Å². The number of halogens is 1. The minimum absolute atomic E-state index is 0.0507. The van der Waals surface area contributed by atoms with E-state index in [4.69, 9.17) is 17.3 Å². The van der Waals surface area contributed by atoms with Crippen LogP contribution in [0.5, 0.6) is 0 Å². The summed E-state index contributed by atoms with van der Waals surface area (Å²) in [5.74, 6) is 0.0341. The number of amides is 1. The number of nitrogens with two attached hydrogens (primary N) is 1. The molecule has 0 spiro atoms. The van der Waals surface area contributed by atoms with Crippen molar-refractivity contribution in [2.45, 2.75) is 46.3 Å². The Morgan fingerprint density at radius 3 is 2.37 bits per heavy atom. The fraction of sp³-hybridized carbons (Fsp3) is 0.615. The second kappa shape index (κ2) is 6.82. The van der Waals surface area contributed by atoms with Crippen LogP contribution in [0.2, 0.25) is 5.15 Å². The molecule has 106 valence electrons. The molecule has 1 amide bonds. The molecule has 0 saturated heterocycles. The van der Waals surface area contributed by atoms with E-state index in [0.29, 0.717) is 17.4 Å². The number of carbonyl (C=O) groups excluding carboxylic acids is 1. The third-order valence-corrected chi connectivity index (χ3v) is 3.13. The van der Waals surface area contributed by atoms with Crippen molar-refractivity contribution in [2.24, 2.45) is 11.7 Å². The van der Waals surface area contributed by atoms with E-state index in [2.05, 4.69) is 10.2 Å². The standard InChI is InChI=1S/C13H21ClN4O/c1-8(2)12(15)13(19)18(9(3)4)7-10-5-6-11(14)17-16-10/h5-6,8-9,12H,7,15H2,1-4H3/t12-/m0/s1. The lowest BCUT2D eigenvalue weighted by molar-refractivity contribution is -0.136. The van der Waals surface area contributed by atoms with Crippen LogP contribution in [0.15, 0.2) is 12.1 Å². The van der Waals surface area contributed by atoms with E-state index in [1.54, 1.807) is 17.0 Å². The fourth-order valence-electron chi connectivity index (χ4n) is 1.59. The molecule has 1 aromatic rings. The van der Waals surface area contributed by atoms with Crippen molar-refractivity contribution in [3.05, 3.63) is 23.0 Å². The summed E-state index contributed by atoms with van der Waals surface area (Å²) in [7, 11) is 0. The molecule has 0 aliphatic heterocycles. The minimum atomic E-state index is -0.498. The minimum Gasteiger partial charge on any atom is -0.333 e. The Kier molecular flexibility index (Phi) is 5.69. The summed E-state index contributed by atoms with van der Waals surface area (Å²) >= 11 is 5.69. The normalized spacial score (nSPS) is 12.8. The molecule has 0 unspecified atom stereocenters. The van der Waals surface area contributed by atoms with Crippen molar-refractivity contribution in [1.29, 1.82) is 0 Å². The van der Waals surface area contributed by atoms with E-state index >= 15 is 0 Å². The van der Waals surface area contributed by atoms with E-state index in [1.165, 1.54) is 0 Å². The van der Waals surface area contributed by atoms with Gasteiger partial charge in [-0.1, -0.05) is 25.4 Å². The SMILES string of the molecule is CC(C)[C@H](N)C(=O)N(Cc1ccc(Cl)nn1)C(C)C. The van der Waals surface area contributed by atoms with Crippen LogP contribution in [0.4, 0.5) is 0 Å². The molecule has 1 aromatic heterocycles. The fourth-order valence-corrected chi connectivity index (χ4v) is 1.69. The second-order valence-corrected chi connectivity index (χ2v) is 5.56. The quantitative estimate of drug-likeness (QED) is 0.896. The Balaban J connectivity index is 2.84. The highest BCUT2D eigenvalue weighted by atomic mass is 35.5. The van der Waals surface area contributed by atoms with Gasteiger partial charge in [-0.15, -0.1) is 5.10 Å². The van der Waals surface area contributed by atoms with Gasteiger partial charge < -0.3 is 10.6 Å². The largest absolute Gasteiger partial charge is 0.333 e. The van der Waals surface area contributed by atoms with Crippen molar-refractivity contribution < 1.29 is 4.79 Å². The Hall–Kier alpha value is -1.20. The van der Waals surface area contributed by atoms with Crippen LogP contribution in [-0.2, 0) is 11.3 Å². The molecule has 6 heteroatoms. The van der Waals surface area contributed by atoms with Gasteiger partial charge >= 0.3 is 0 Å². The maximum atomic E-state index is 12.3. The van der Waals surface area contributed by atoms with Crippen LogP contribution in [0.3, 0.4) is 0 Å². The highest BCUT2D eigenvalue weighted by Gasteiger charge is 2.25. The van der Waals surface area contributed by atoms with Gasteiger partial charge in [-0.2, -0.15) is 5.10 Å². The van der Waals surface area contributed by atoms with Gasteiger partial charge in [0.1, 0.15) is 0 Å². The van der Waals surface area contributed by atoms with Crippen LogP contribution in [0.25, 0.3) is 0 Å². The third-order valence-electron chi connectivity index (χ3n) is 2.93. The molecular weight excluding hydrogens is 264 g/mol. The zero-order chi connectivity index (χ0) is 14.6. The molecule has 5 nitrogen and oxygen atoms in total. The van der Waals surface area contributed by atoms with Gasteiger partial charge in [-0.05, 0) is 31.9 Å². The summed E-state index contributed by atoms with van der Waals surface area (Å²) in [5, 5.41) is 8.09. The average Bonchev–Trinajstić information content (AvgIpc) is 2.35. The summed E-state index contributed by atoms with van der Waals surface area (Å²) in [6, 6.07) is 2.98. The van der Waals surface area contributed by atoms with E-state index in [0.717, 1.165) is 0 Å². The Morgan fingerprint density at radius 1 is 1.32 bits per heavy atom. The zero-order valence-electron chi connectivity index (χ0n) is 11.8. The van der Waals surface area contributed by atoms with E-state index in [9.17, 15) is 4.79 Å². The van der Waals surface area contributed by atoms with Gasteiger partial charge in [-0.3, -0.25) is 4.79 Å². The van der Waals surface area contributed by atoms with Gasteiger partial charge in [0.05, 0.1) is 18.3 Å². The molecule has 0 aliphatic carbocycles. The van der Waals surface area contributed by atoms with Crippen molar-refractivity contribution in [3.63, 3.8) is 0 Å². The van der Waals surface area contributed by atoms with Crippen LogP contribution in [-0.4, -0.2) is 33.1 Å². The van der Waals surface area contributed by atoms with Crippen molar-refractivity contribution in [2.75, 3.05) is 0 Å². The summed E-state index contributed by atoms with van der Waals surface area (Å²) < 4.78 is 0. The molecule has 0 aromatic carbocycles. The lowest BCUT2D eigenvalue weighted by Crippen LogP contribution is -2.48. The number of rotatable bonds is 5. The molecule has 2 N–H and O–H groups in total. The Morgan fingerprint density at radius 2 is 1.95 bits per heavy atom. The third kappa shape index (κ3) is 4.44. The molecule has 0 saturated carbocycles. The number of nitrogens with zero attached hydrogens (tertiary/aromatic N) is 3. The Bertz CT molecular complexity index is 419. The first-order chi connectivity index (χ1) is 8.82. The highest BCUT2D eigenvalue weighted by Crippen LogP contribution is 2.12. The average molecular weight is 285 g/mol. The van der Waals surface area contributed by atoms with Crippen molar-refractivity contribution >= 4 is 17.5 Å². The monoisotopic (exact) mass is 284 g/mol. The van der Waals surface area contributed by atoms with E-state index in [1.807, 2.05) is 27.7 Å². The summed E-state index contributed by atoms with van der Waals surface area (Å²) in [6.45, 7) is 8.16. The van der Waals surface area contributed by atoms with Gasteiger partial charge in [-0.25, -0.2) is 0 Å². The summed E-state index contributed by atoms with van der Waals surface area (Å²) in [4.78, 5) is 14.0. The van der Waals surface area contributed by atoms with Gasteiger partial charge in [0.15, 0.2) is 5.15 Å². The molecule has 0 radical (unpaired) electrons. The maximum Gasteiger partial charge on any atom is 0.240 e. The second-order valence-electron chi connectivity index (χ2n) is 5.18. The molecule has 19 heavy (non-hydrogen) atoms. The van der Waals surface area contributed by atoms with Gasteiger partial charge in [0, 0.05) is 6.04 Å². The van der Waals surface area contributed by atoms with Gasteiger partial charge in [0.25, 0.3) is 0 Å². The molecule has 0 bridgehead atoms. The lowest BCUT2D eigenvalue weighted by Gasteiger charge is -2.30. The number of carbonyl (C=O) groups is 1. The number of hydrogen-bond acceptors (Lipinski definition) is 4. The number of hydrogen-bond donors (Lipinski definition) is 1. The van der Waals surface area contributed by atoms with Crippen LogP contribution in [0.1, 0.15) is 33.4 Å². The lowest BCUT2D eigenvalue weighted by atomic mass is 10.0. The first kappa shape index (κ1) is 15.9. The van der Waals surface area contributed by atoms with Crippen LogP contribution in [0, 0.1) is 5.92 Å². The predicted octanol–water partition coefficient (Wildman–Crippen LogP) is 1.85. The van der Waals surface area contributed by atoms with E-state index in [-0.39, 0.29) is 17.9 Å².